The van der Waals surface area contributed by atoms with Crippen LogP contribution in [0, 0.1) is 5.41 Å². The summed E-state index contributed by atoms with van der Waals surface area (Å²) in [5.74, 6) is 0. The maximum Gasteiger partial charge on any atom is 0.0745 e. The van der Waals surface area contributed by atoms with E-state index in [2.05, 4.69) is 36.5 Å². The first kappa shape index (κ1) is 11.0. The van der Waals surface area contributed by atoms with Crippen LogP contribution in [0.5, 0.6) is 0 Å². The molecule has 0 amide bonds. The first-order chi connectivity index (χ1) is 8.38. The number of hydrogen-bond donors (Lipinski definition) is 0. The molecule has 1 aliphatic carbocycles. The Bertz CT molecular complexity index is 387. The molecule has 1 aromatic rings. The van der Waals surface area contributed by atoms with Gasteiger partial charge < -0.3 is 0 Å². The Hall–Kier alpha value is -1.11. The van der Waals surface area contributed by atoms with Gasteiger partial charge in [-0.15, -0.1) is 0 Å². The highest BCUT2D eigenvalue weighted by Gasteiger charge is 2.33. The summed E-state index contributed by atoms with van der Waals surface area (Å²) in [5, 5.41) is 0. The van der Waals surface area contributed by atoms with Gasteiger partial charge in [-0.1, -0.05) is 49.6 Å². The Labute approximate surface area is 104 Å². The molecule has 2 aliphatic rings. The van der Waals surface area contributed by atoms with Gasteiger partial charge in [0.2, 0.25) is 0 Å². The van der Waals surface area contributed by atoms with Gasteiger partial charge in [-0.05, 0) is 31.2 Å². The van der Waals surface area contributed by atoms with Crippen molar-refractivity contribution in [3.63, 3.8) is 0 Å². The molecule has 1 heterocycles. The van der Waals surface area contributed by atoms with Gasteiger partial charge in [0.25, 0.3) is 0 Å². The molecule has 1 spiro atoms. The van der Waals surface area contributed by atoms with Crippen LogP contribution in [0.15, 0.2) is 35.3 Å². The second kappa shape index (κ2) is 4.64. The fourth-order valence-electron chi connectivity index (χ4n) is 3.37. The van der Waals surface area contributed by atoms with Crippen LogP contribution in [0.1, 0.15) is 56.6 Å². The van der Waals surface area contributed by atoms with Crippen LogP contribution in [0.25, 0.3) is 0 Å². The lowest BCUT2D eigenvalue weighted by atomic mass is 9.70. The molecule has 1 aliphatic heterocycles. The molecule has 1 fully saturated rings. The van der Waals surface area contributed by atoms with Crippen molar-refractivity contribution < 1.29 is 0 Å². The molecule has 0 N–H and O–H groups in total. The van der Waals surface area contributed by atoms with Gasteiger partial charge >= 0.3 is 0 Å². The minimum atomic E-state index is 0.420. The molecule has 0 aromatic heterocycles. The van der Waals surface area contributed by atoms with Crippen LogP contribution in [-0.4, -0.2) is 6.21 Å². The second-order valence-electron chi connectivity index (χ2n) is 5.67. The van der Waals surface area contributed by atoms with E-state index < -0.39 is 0 Å². The van der Waals surface area contributed by atoms with E-state index in [9.17, 15) is 0 Å². The Morgan fingerprint density at radius 1 is 0.941 bits per heavy atom. The van der Waals surface area contributed by atoms with E-state index in [0.29, 0.717) is 11.5 Å². The van der Waals surface area contributed by atoms with E-state index in [0.717, 1.165) is 0 Å². The molecule has 0 bridgehead atoms. The third-order valence-corrected chi connectivity index (χ3v) is 4.48. The average molecular weight is 227 g/mol. The Morgan fingerprint density at radius 2 is 1.71 bits per heavy atom. The Kier molecular flexibility index (Phi) is 3.00. The standard InChI is InChI=1S/C16H21N/c1-3-7-14(8-4-1)15-9-12-16(13-17-15)10-5-2-6-11-16/h1,3-4,7-8,13,15H,2,5-6,9-12H2/t15-/m0/s1. The molecule has 3 rings (SSSR count). The largest absolute Gasteiger partial charge is 0.289 e. The van der Waals surface area contributed by atoms with Crippen molar-refractivity contribution >= 4 is 6.21 Å². The maximum absolute atomic E-state index is 4.85. The topological polar surface area (TPSA) is 12.4 Å². The molecular formula is C16H21N. The van der Waals surface area contributed by atoms with Gasteiger partial charge in [0.05, 0.1) is 6.04 Å². The fraction of sp³-hybridized carbons (Fsp3) is 0.562. The highest BCUT2D eigenvalue weighted by atomic mass is 14.8. The van der Waals surface area contributed by atoms with E-state index in [-0.39, 0.29) is 0 Å². The molecule has 0 radical (unpaired) electrons. The molecule has 1 atom stereocenters. The normalized spacial score (nSPS) is 27.2. The predicted octanol–water partition coefficient (Wildman–Crippen LogP) is 4.54. The van der Waals surface area contributed by atoms with Crippen LogP contribution < -0.4 is 0 Å². The minimum absolute atomic E-state index is 0.420. The van der Waals surface area contributed by atoms with Gasteiger partial charge in [-0.3, -0.25) is 4.99 Å². The molecular weight excluding hydrogens is 206 g/mol. The summed E-state index contributed by atoms with van der Waals surface area (Å²) in [7, 11) is 0. The molecule has 17 heavy (non-hydrogen) atoms. The highest BCUT2D eigenvalue weighted by Crippen LogP contribution is 2.44. The number of aliphatic imine (C=N–C) groups is 1. The maximum atomic E-state index is 4.85. The van der Waals surface area contributed by atoms with E-state index in [1.165, 1.54) is 50.5 Å². The summed E-state index contributed by atoms with van der Waals surface area (Å²) in [6.07, 6.45) is 11.9. The number of rotatable bonds is 1. The van der Waals surface area contributed by atoms with Crippen molar-refractivity contribution in [2.75, 3.05) is 0 Å². The Balaban J connectivity index is 1.75. The average Bonchev–Trinajstić information content (AvgIpc) is 2.42. The number of hydrogen-bond acceptors (Lipinski definition) is 1. The highest BCUT2D eigenvalue weighted by molar-refractivity contribution is 5.67. The quantitative estimate of drug-likeness (QED) is 0.667. The van der Waals surface area contributed by atoms with E-state index in [1.807, 2.05) is 0 Å². The van der Waals surface area contributed by atoms with E-state index >= 15 is 0 Å². The second-order valence-corrected chi connectivity index (χ2v) is 5.67. The zero-order chi connectivity index (χ0) is 11.6. The van der Waals surface area contributed by atoms with Crippen LogP contribution in [-0.2, 0) is 0 Å². The lowest BCUT2D eigenvalue weighted by molar-refractivity contribution is 0.247. The molecule has 1 saturated carbocycles. The summed E-state index contributed by atoms with van der Waals surface area (Å²) < 4.78 is 0. The molecule has 0 saturated heterocycles. The summed E-state index contributed by atoms with van der Waals surface area (Å²) >= 11 is 0. The zero-order valence-corrected chi connectivity index (χ0v) is 10.4. The van der Waals surface area contributed by atoms with Crippen LogP contribution in [0.3, 0.4) is 0 Å². The van der Waals surface area contributed by atoms with Crippen molar-refractivity contribution in [2.24, 2.45) is 10.4 Å². The summed E-state index contributed by atoms with van der Waals surface area (Å²) in [6.45, 7) is 0. The number of benzene rings is 1. The van der Waals surface area contributed by atoms with Crippen LogP contribution in [0.4, 0.5) is 0 Å². The predicted molar refractivity (Wildman–Crippen MR) is 72.4 cm³/mol. The smallest absolute Gasteiger partial charge is 0.0745 e. The Morgan fingerprint density at radius 3 is 2.35 bits per heavy atom. The molecule has 0 unspecified atom stereocenters. The van der Waals surface area contributed by atoms with Gasteiger partial charge in [0, 0.05) is 11.6 Å². The molecule has 1 aromatic carbocycles. The van der Waals surface area contributed by atoms with Gasteiger partial charge in [0.15, 0.2) is 0 Å². The van der Waals surface area contributed by atoms with Crippen molar-refractivity contribution in [2.45, 2.75) is 51.0 Å². The first-order valence-corrected chi connectivity index (χ1v) is 6.97. The SMILES string of the molecule is C1=N[C@H](c2ccccc2)CCC12CCCCC2. The van der Waals surface area contributed by atoms with E-state index in [4.69, 9.17) is 4.99 Å². The minimum Gasteiger partial charge on any atom is -0.289 e. The lowest BCUT2D eigenvalue weighted by Crippen LogP contribution is -2.29. The third-order valence-electron chi connectivity index (χ3n) is 4.48. The lowest BCUT2D eigenvalue weighted by Gasteiger charge is -2.38. The zero-order valence-electron chi connectivity index (χ0n) is 10.4. The van der Waals surface area contributed by atoms with Crippen LogP contribution >= 0.6 is 0 Å². The van der Waals surface area contributed by atoms with Gasteiger partial charge in [-0.25, -0.2) is 0 Å². The monoisotopic (exact) mass is 227 g/mol. The third kappa shape index (κ3) is 2.29. The van der Waals surface area contributed by atoms with Crippen molar-refractivity contribution in [1.29, 1.82) is 0 Å². The van der Waals surface area contributed by atoms with Gasteiger partial charge in [0.1, 0.15) is 0 Å². The number of nitrogens with zero attached hydrogens (tertiary/aromatic N) is 1. The van der Waals surface area contributed by atoms with Crippen LogP contribution in [0.2, 0.25) is 0 Å². The molecule has 1 nitrogen and oxygen atoms in total. The summed E-state index contributed by atoms with van der Waals surface area (Å²) in [5.41, 5.74) is 1.86. The van der Waals surface area contributed by atoms with Crippen molar-refractivity contribution in [1.82, 2.24) is 0 Å². The first-order valence-electron chi connectivity index (χ1n) is 6.97. The van der Waals surface area contributed by atoms with Crippen molar-refractivity contribution in [3.8, 4) is 0 Å². The van der Waals surface area contributed by atoms with E-state index in [1.54, 1.807) is 0 Å². The van der Waals surface area contributed by atoms with Crippen molar-refractivity contribution in [3.05, 3.63) is 35.9 Å². The fourth-order valence-corrected chi connectivity index (χ4v) is 3.37. The molecule has 90 valence electrons. The molecule has 1 heteroatoms. The van der Waals surface area contributed by atoms with Gasteiger partial charge in [-0.2, -0.15) is 0 Å². The summed E-state index contributed by atoms with van der Waals surface area (Å²) in [6, 6.07) is 11.2. The summed E-state index contributed by atoms with van der Waals surface area (Å²) in [4.78, 5) is 4.85.